The van der Waals surface area contributed by atoms with Crippen LogP contribution in [-0.4, -0.2) is 9.97 Å². The fraction of sp³-hybridized carbons (Fsp3) is 0.0769. The Hall–Kier alpha value is -2.16. The van der Waals surface area contributed by atoms with Gasteiger partial charge >= 0.3 is 0 Å². The molecule has 3 aromatic rings. The quantitative estimate of drug-likeness (QED) is 0.612. The Labute approximate surface area is 93.5 Å². The van der Waals surface area contributed by atoms with Crippen molar-refractivity contribution in [2.75, 3.05) is 5.32 Å². The SMILES string of the molecule is c1cc(CNc2ccc3[nH]ccc3c2)c[nH]1. The monoisotopic (exact) mass is 211 g/mol. The van der Waals surface area contributed by atoms with Gasteiger partial charge in [0, 0.05) is 41.7 Å². The Balaban J connectivity index is 1.78. The molecule has 3 heteroatoms. The van der Waals surface area contributed by atoms with Gasteiger partial charge in [-0.05, 0) is 35.9 Å². The lowest BCUT2D eigenvalue weighted by Crippen LogP contribution is -1.97. The summed E-state index contributed by atoms with van der Waals surface area (Å²) in [6.45, 7) is 0.847. The molecule has 0 saturated heterocycles. The minimum Gasteiger partial charge on any atom is -0.381 e. The molecule has 16 heavy (non-hydrogen) atoms. The molecule has 3 N–H and O–H groups in total. The third-order valence-corrected chi connectivity index (χ3v) is 2.71. The van der Waals surface area contributed by atoms with Gasteiger partial charge in [-0.25, -0.2) is 0 Å². The topological polar surface area (TPSA) is 43.6 Å². The molecule has 0 amide bonds. The third-order valence-electron chi connectivity index (χ3n) is 2.71. The highest BCUT2D eigenvalue weighted by Gasteiger charge is 1.97. The molecular formula is C13H13N3. The minimum atomic E-state index is 0.847. The van der Waals surface area contributed by atoms with E-state index >= 15 is 0 Å². The average Bonchev–Trinajstić information content (AvgIpc) is 2.97. The van der Waals surface area contributed by atoms with Crippen LogP contribution in [0.2, 0.25) is 0 Å². The number of fused-ring (bicyclic) bond motifs is 1. The Kier molecular flexibility index (Phi) is 2.14. The van der Waals surface area contributed by atoms with Gasteiger partial charge in [0.2, 0.25) is 0 Å². The van der Waals surface area contributed by atoms with Gasteiger partial charge in [0.1, 0.15) is 0 Å². The van der Waals surface area contributed by atoms with E-state index in [2.05, 4.69) is 45.6 Å². The highest BCUT2D eigenvalue weighted by atomic mass is 14.9. The number of aromatic amines is 2. The summed E-state index contributed by atoms with van der Waals surface area (Å²) in [5.41, 5.74) is 3.58. The first-order chi connectivity index (χ1) is 7.92. The molecule has 0 aliphatic rings. The van der Waals surface area contributed by atoms with Crippen LogP contribution in [0.15, 0.2) is 48.9 Å². The molecular weight excluding hydrogens is 198 g/mol. The lowest BCUT2D eigenvalue weighted by molar-refractivity contribution is 1.15. The van der Waals surface area contributed by atoms with Crippen LogP contribution in [0.5, 0.6) is 0 Å². The van der Waals surface area contributed by atoms with Crippen molar-refractivity contribution in [1.82, 2.24) is 9.97 Å². The van der Waals surface area contributed by atoms with E-state index in [9.17, 15) is 0 Å². The van der Waals surface area contributed by atoms with Gasteiger partial charge < -0.3 is 15.3 Å². The van der Waals surface area contributed by atoms with E-state index in [0.717, 1.165) is 12.2 Å². The van der Waals surface area contributed by atoms with Gasteiger partial charge in [-0.15, -0.1) is 0 Å². The van der Waals surface area contributed by atoms with Crippen molar-refractivity contribution in [2.24, 2.45) is 0 Å². The molecule has 0 unspecified atom stereocenters. The normalized spacial score (nSPS) is 10.8. The zero-order valence-electron chi connectivity index (χ0n) is 8.83. The van der Waals surface area contributed by atoms with Crippen molar-refractivity contribution in [1.29, 1.82) is 0 Å². The number of anilines is 1. The fourth-order valence-electron chi connectivity index (χ4n) is 1.84. The number of hydrogen-bond acceptors (Lipinski definition) is 1. The molecule has 2 aromatic heterocycles. The molecule has 0 aliphatic heterocycles. The predicted molar refractivity (Wildman–Crippen MR) is 66.4 cm³/mol. The molecule has 0 radical (unpaired) electrons. The Morgan fingerprint density at radius 2 is 2.06 bits per heavy atom. The van der Waals surface area contributed by atoms with Crippen LogP contribution in [0.4, 0.5) is 5.69 Å². The first kappa shape index (κ1) is 9.09. The summed E-state index contributed by atoms with van der Waals surface area (Å²) in [4.78, 5) is 6.23. The predicted octanol–water partition coefficient (Wildman–Crippen LogP) is 3.11. The van der Waals surface area contributed by atoms with Crippen molar-refractivity contribution < 1.29 is 0 Å². The number of H-pyrrole nitrogens is 2. The smallest absolute Gasteiger partial charge is 0.0455 e. The van der Waals surface area contributed by atoms with Gasteiger partial charge in [0.15, 0.2) is 0 Å². The first-order valence-corrected chi connectivity index (χ1v) is 5.34. The number of nitrogens with one attached hydrogen (secondary N) is 3. The largest absolute Gasteiger partial charge is 0.381 e. The Morgan fingerprint density at radius 1 is 1.06 bits per heavy atom. The standard InChI is InChI=1S/C13H13N3/c1-2-13-11(4-6-15-13)7-12(1)16-9-10-3-5-14-8-10/h1-8,14-16H,9H2. The maximum atomic E-state index is 3.40. The van der Waals surface area contributed by atoms with Crippen molar-refractivity contribution in [3.05, 3.63) is 54.5 Å². The van der Waals surface area contributed by atoms with Gasteiger partial charge in [0.05, 0.1) is 0 Å². The van der Waals surface area contributed by atoms with Gasteiger partial charge in [-0.1, -0.05) is 0 Å². The van der Waals surface area contributed by atoms with Crippen molar-refractivity contribution in [3.63, 3.8) is 0 Å². The second-order valence-electron chi connectivity index (χ2n) is 3.85. The van der Waals surface area contributed by atoms with E-state index in [1.165, 1.54) is 16.5 Å². The van der Waals surface area contributed by atoms with Gasteiger partial charge in [-0.2, -0.15) is 0 Å². The summed E-state index contributed by atoms with van der Waals surface area (Å²) < 4.78 is 0. The Bertz CT molecular complexity index is 578. The van der Waals surface area contributed by atoms with Crippen LogP contribution in [0.3, 0.4) is 0 Å². The van der Waals surface area contributed by atoms with E-state index in [4.69, 9.17) is 0 Å². The molecule has 1 aromatic carbocycles. The number of benzene rings is 1. The summed E-state index contributed by atoms with van der Waals surface area (Å²) in [7, 11) is 0. The highest BCUT2D eigenvalue weighted by molar-refractivity contribution is 5.82. The second kappa shape index (κ2) is 3.77. The lowest BCUT2D eigenvalue weighted by Gasteiger charge is -2.04. The second-order valence-corrected chi connectivity index (χ2v) is 3.85. The lowest BCUT2D eigenvalue weighted by atomic mass is 10.2. The van der Waals surface area contributed by atoms with Crippen LogP contribution in [0.25, 0.3) is 10.9 Å². The van der Waals surface area contributed by atoms with E-state index < -0.39 is 0 Å². The molecule has 0 atom stereocenters. The zero-order valence-corrected chi connectivity index (χ0v) is 8.83. The van der Waals surface area contributed by atoms with E-state index in [0.29, 0.717) is 0 Å². The molecule has 3 rings (SSSR count). The van der Waals surface area contributed by atoms with Crippen molar-refractivity contribution >= 4 is 16.6 Å². The van der Waals surface area contributed by atoms with Crippen LogP contribution in [0.1, 0.15) is 5.56 Å². The van der Waals surface area contributed by atoms with Crippen LogP contribution in [-0.2, 0) is 6.54 Å². The molecule has 0 fully saturated rings. The first-order valence-electron chi connectivity index (χ1n) is 5.34. The number of hydrogen-bond donors (Lipinski definition) is 3. The zero-order chi connectivity index (χ0) is 10.8. The van der Waals surface area contributed by atoms with Crippen molar-refractivity contribution in [3.8, 4) is 0 Å². The summed E-state index contributed by atoms with van der Waals surface area (Å²) in [6, 6.07) is 10.5. The van der Waals surface area contributed by atoms with Gasteiger partial charge in [-0.3, -0.25) is 0 Å². The molecule has 3 nitrogen and oxygen atoms in total. The van der Waals surface area contributed by atoms with E-state index in [-0.39, 0.29) is 0 Å². The summed E-state index contributed by atoms with van der Waals surface area (Å²) in [6.07, 6.45) is 5.90. The number of rotatable bonds is 3. The van der Waals surface area contributed by atoms with Crippen LogP contribution in [0, 0.1) is 0 Å². The summed E-state index contributed by atoms with van der Waals surface area (Å²) >= 11 is 0. The third kappa shape index (κ3) is 1.67. The van der Waals surface area contributed by atoms with E-state index in [1.807, 2.05) is 18.6 Å². The van der Waals surface area contributed by atoms with Gasteiger partial charge in [0.25, 0.3) is 0 Å². The molecule has 0 bridgehead atoms. The summed E-state index contributed by atoms with van der Waals surface area (Å²) in [5, 5.41) is 4.63. The maximum absolute atomic E-state index is 3.40. The molecule has 80 valence electrons. The molecule has 0 saturated carbocycles. The van der Waals surface area contributed by atoms with Crippen LogP contribution >= 0.6 is 0 Å². The maximum Gasteiger partial charge on any atom is 0.0455 e. The fourth-order valence-corrected chi connectivity index (χ4v) is 1.84. The van der Waals surface area contributed by atoms with E-state index in [1.54, 1.807) is 0 Å². The molecule has 0 spiro atoms. The highest BCUT2D eigenvalue weighted by Crippen LogP contribution is 2.18. The van der Waals surface area contributed by atoms with Crippen molar-refractivity contribution in [2.45, 2.75) is 6.54 Å². The Morgan fingerprint density at radius 3 is 2.94 bits per heavy atom. The molecule has 0 aliphatic carbocycles. The average molecular weight is 211 g/mol. The van der Waals surface area contributed by atoms with Crippen LogP contribution < -0.4 is 5.32 Å². The summed E-state index contributed by atoms with van der Waals surface area (Å²) in [5.74, 6) is 0. The minimum absolute atomic E-state index is 0.847. The number of aromatic nitrogens is 2. The molecule has 2 heterocycles.